The number of aliphatic carboxylic acids is 1. The zero-order valence-electron chi connectivity index (χ0n) is 12.7. The molecule has 3 heteroatoms. The molecular weight excluding hydrogens is 351 g/mol. The van der Waals surface area contributed by atoms with Crippen LogP contribution in [-0.4, -0.2) is 15.0 Å². The molecular formula is C16H31IO2. The van der Waals surface area contributed by atoms with Crippen molar-refractivity contribution >= 4 is 28.6 Å². The maximum absolute atomic E-state index is 10.8. The first-order valence-electron chi connectivity index (χ1n) is 7.96. The molecule has 0 aliphatic heterocycles. The maximum atomic E-state index is 10.8. The number of alkyl halides is 1. The molecule has 0 spiro atoms. The molecule has 0 amide bonds. The summed E-state index contributed by atoms with van der Waals surface area (Å²) in [5, 5.41) is 8.91. The molecule has 2 nitrogen and oxygen atoms in total. The summed E-state index contributed by atoms with van der Waals surface area (Å²) in [7, 11) is 0. The highest BCUT2D eigenvalue weighted by Crippen LogP contribution is 2.20. The van der Waals surface area contributed by atoms with E-state index in [-0.39, 0.29) is 3.92 Å². The fourth-order valence-corrected chi connectivity index (χ4v) is 2.70. The van der Waals surface area contributed by atoms with Crippen molar-refractivity contribution in [1.29, 1.82) is 0 Å². The normalized spacial score (nSPS) is 14.3. The third kappa shape index (κ3) is 11.7. The Morgan fingerprint density at radius 1 is 0.947 bits per heavy atom. The lowest BCUT2D eigenvalue weighted by atomic mass is 9.99. The van der Waals surface area contributed by atoms with Crippen molar-refractivity contribution in [2.75, 3.05) is 0 Å². The van der Waals surface area contributed by atoms with E-state index in [0.717, 1.165) is 6.42 Å². The van der Waals surface area contributed by atoms with E-state index in [1.165, 1.54) is 64.2 Å². The largest absolute Gasteiger partial charge is 0.480 e. The molecule has 0 saturated heterocycles. The number of halogens is 1. The van der Waals surface area contributed by atoms with Crippen LogP contribution in [0.15, 0.2) is 0 Å². The predicted molar refractivity (Wildman–Crippen MR) is 91.1 cm³/mol. The van der Waals surface area contributed by atoms with Gasteiger partial charge in [0.1, 0.15) is 3.92 Å². The van der Waals surface area contributed by atoms with Gasteiger partial charge < -0.3 is 5.11 Å². The van der Waals surface area contributed by atoms with Crippen LogP contribution in [0.1, 0.15) is 84.5 Å². The molecule has 0 fully saturated rings. The Morgan fingerprint density at radius 2 is 1.37 bits per heavy atom. The lowest BCUT2D eigenvalue weighted by molar-refractivity contribution is -0.136. The van der Waals surface area contributed by atoms with Crippen molar-refractivity contribution in [3.63, 3.8) is 0 Å². The lowest BCUT2D eigenvalue weighted by Crippen LogP contribution is -2.21. The van der Waals surface area contributed by atoms with Crippen LogP contribution < -0.4 is 0 Å². The number of rotatable bonds is 13. The van der Waals surface area contributed by atoms with Crippen molar-refractivity contribution in [2.45, 2.75) is 88.4 Å². The molecule has 0 saturated carbocycles. The number of unbranched alkanes of at least 4 members (excludes halogenated alkanes) is 9. The highest BCUT2D eigenvalue weighted by atomic mass is 127. The molecule has 0 aromatic heterocycles. The van der Waals surface area contributed by atoms with Crippen LogP contribution >= 0.6 is 22.6 Å². The Morgan fingerprint density at radius 3 is 1.79 bits per heavy atom. The average molecular weight is 382 g/mol. The second kappa shape index (κ2) is 13.2. The van der Waals surface area contributed by atoms with Crippen LogP contribution in [0.5, 0.6) is 0 Å². The van der Waals surface area contributed by atoms with Gasteiger partial charge in [0.2, 0.25) is 0 Å². The second-order valence-electron chi connectivity index (χ2n) is 5.69. The van der Waals surface area contributed by atoms with Gasteiger partial charge >= 0.3 is 5.97 Å². The molecule has 0 aromatic rings. The van der Waals surface area contributed by atoms with E-state index < -0.39 is 5.97 Å². The van der Waals surface area contributed by atoms with E-state index in [4.69, 9.17) is 5.11 Å². The smallest absolute Gasteiger partial charge is 0.316 e. The third-order valence-electron chi connectivity index (χ3n) is 3.75. The minimum absolute atomic E-state index is 0.226. The summed E-state index contributed by atoms with van der Waals surface area (Å²) in [6, 6.07) is 0. The van der Waals surface area contributed by atoms with Gasteiger partial charge in [-0.3, -0.25) is 4.79 Å². The second-order valence-corrected chi connectivity index (χ2v) is 7.03. The van der Waals surface area contributed by atoms with E-state index in [9.17, 15) is 4.79 Å². The van der Waals surface area contributed by atoms with Crippen LogP contribution in [0.25, 0.3) is 0 Å². The van der Waals surface area contributed by atoms with Gasteiger partial charge in [-0.25, -0.2) is 0 Å². The Hall–Kier alpha value is 0.200. The molecule has 0 heterocycles. The van der Waals surface area contributed by atoms with Crippen molar-refractivity contribution < 1.29 is 9.90 Å². The maximum Gasteiger partial charge on any atom is 0.316 e. The van der Waals surface area contributed by atoms with Crippen LogP contribution in [0.4, 0.5) is 0 Å². The van der Waals surface area contributed by atoms with Crippen LogP contribution in [0.2, 0.25) is 0 Å². The third-order valence-corrected chi connectivity index (χ3v) is 5.51. The van der Waals surface area contributed by atoms with Crippen molar-refractivity contribution in [1.82, 2.24) is 0 Å². The highest BCUT2D eigenvalue weighted by Gasteiger charge is 2.20. The quantitative estimate of drug-likeness (QED) is 0.248. The number of carboxylic acids is 1. The van der Waals surface area contributed by atoms with Crippen LogP contribution in [0.3, 0.4) is 0 Å². The van der Waals surface area contributed by atoms with E-state index in [1.807, 2.05) is 22.6 Å². The molecule has 0 rings (SSSR count). The summed E-state index contributed by atoms with van der Waals surface area (Å²) >= 11 is 2.05. The van der Waals surface area contributed by atoms with Gasteiger partial charge in [0.05, 0.1) is 0 Å². The Kier molecular flexibility index (Phi) is 13.3. The summed E-state index contributed by atoms with van der Waals surface area (Å²) in [6.45, 7) is 4.31. The lowest BCUT2D eigenvalue weighted by Gasteiger charge is -2.13. The molecule has 0 aliphatic carbocycles. The van der Waals surface area contributed by atoms with Gasteiger partial charge in [-0.2, -0.15) is 0 Å². The molecule has 1 N–H and O–H groups in total. The highest BCUT2D eigenvalue weighted by molar-refractivity contribution is 14.1. The first-order chi connectivity index (χ1) is 9.09. The zero-order chi connectivity index (χ0) is 14.5. The van der Waals surface area contributed by atoms with Gasteiger partial charge in [0, 0.05) is 0 Å². The van der Waals surface area contributed by atoms with Crippen molar-refractivity contribution in [3.8, 4) is 0 Å². The minimum atomic E-state index is -0.667. The van der Waals surface area contributed by atoms with Crippen molar-refractivity contribution in [3.05, 3.63) is 0 Å². The molecule has 114 valence electrons. The Balaban J connectivity index is 3.25. The summed E-state index contributed by atoms with van der Waals surface area (Å²) < 4.78 is -0.226. The van der Waals surface area contributed by atoms with Crippen LogP contribution in [0, 0.1) is 5.92 Å². The Bertz CT molecular complexity index is 219. The molecule has 0 radical (unpaired) electrons. The number of carboxylic acid groups (broad SMARTS) is 1. The van der Waals surface area contributed by atoms with E-state index in [1.54, 1.807) is 0 Å². The number of hydrogen-bond acceptors (Lipinski definition) is 1. The summed E-state index contributed by atoms with van der Waals surface area (Å²) in [4.78, 5) is 10.8. The van der Waals surface area contributed by atoms with E-state index >= 15 is 0 Å². The monoisotopic (exact) mass is 382 g/mol. The van der Waals surface area contributed by atoms with Gasteiger partial charge in [0.15, 0.2) is 0 Å². The first kappa shape index (κ1) is 19.2. The molecule has 0 aliphatic rings. The topological polar surface area (TPSA) is 37.3 Å². The number of hydrogen-bond donors (Lipinski definition) is 1. The van der Waals surface area contributed by atoms with Crippen LogP contribution in [-0.2, 0) is 4.79 Å². The SMILES string of the molecule is CCCCCCCCCCCCC(C)C(I)C(=O)O. The molecule has 2 unspecified atom stereocenters. The first-order valence-corrected chi connectivity index (χ1v) is 9.21. The minimum Gasteiger partial charge on any atom is -0.480 e. The Labute approximate surface area is 132 Å². The zero-order valence-corrected chi connectivity index (χ0v) is 14.8. The molecule has 2 atom stereocenters. The average Bonchev–Trinajstić information content (AvgIpc) is 2.39. The summed E-state index contributed by atoms with van der Waals surface area (Å²) in [6.07, 6.45) is 14.5. The van der Waals surface area contributed by atoms with Gasteiger partial charge in [-0.15, -0.1) is 0 Å². The molecule has 0 bridgehead atoms. The van der Waals surface area contributed by atoms with Gasteiger partial charge in [-0.1, -0.05) is 101 Å². The van der Waals surface area contributed by atoms with Crippen molar-refractivity contribution in [2.24, 2.45) is 5.92 Å². The van der Waals surface area contributed by atoms with Gasteiger partial charge in [0.25, 0.3) is 0 Å². The van der Waals surface area contributed by atoms with E-state index in [0.29, 0.717) is 5.92 Å². The fourth-order valence-electron chi connectivity index (χ4n) is 2.34. The molecule has 19 heavy (non-hydrogen) atoms. The number of carbonyl (C=O) groups is 1. The summed E-state index contributed by atoms with van der Waals surface area (Å²) in [5.41, 5.74) is 0. The van der Waals surface area contributed by atoms with E-state index in [2.05, 4.69) is 13.8 Å². The summed E-state index contributed by atoms with van der Waals surface area (Å²) in [5.74, 6) is -0.368. The van der Waals surface area contributed by atoms with Gasteiger partial charge in [-0.05, 0) is 12.3 Å². The molecule has 0 aromatic carbocycles. The fraction of sp³-hybridized carbons (Fsp3) is 0.938. The predicted octanol–water partition coefficient (Wildman–Crippen LogP) is 5.82. The standard InChI is InChI=1S/C16H31IO2/c1-3-4-5-6-7-8-9-10-11-12-13-14(2)15(17)16(18)19/h14-15H,3-13H2,1-2H3,(H,18,19).